The predicted molar refractivity (Wildman–Crippen MR) is 105 cm³/mol. The number of halogens is 1. The Labute approximate surface area is 169 Å². The standard InChI is InChI=1S/C19H15FN5O5/c1-11-14(10-26)18(23-24(11)12-6-8-13(9-7-12)25(28)29)22-19(27)21-15-4-3-5-16(30-2)17(15)20/h3-9H,1-2H3,(H2,21,22,23,27). The van der Waals surface area contributed by atoms with Crippen LogP contribution in [0.25, 0.3) is 5.69 Å². The molecule has 0 saturated carbocycles. The lowest BCUT2D eigenvalue weighted by Gasteiger charge is -2.09. The number of nitro groups is 1. The lowest BCUT2D eigenvalue weighted by molar-refractivity contribution is -0.384. The lowest BCUT2D eigenvalue weighted by Crippen LogP contribution is -2.21. The molecule has 0 fully saturated rings. The van der Waals surface area contributed by atoms with Gasteiger partial charge in [-0.15, -0.1) is 5.10 Å². The van der Waals surface area contributed by atoms with Crippen molar-refractivity contribution in [2.45, 2.75) is 6.92 Å². The highest BCUT2D eigenvalue weighted by molar-refractivity contribution is 6.02. The highest BCUT2D eigenvalue weighted by Crippen LogP contribution is 2.25. The van der Waals surface area contributed by atoms with Crippen molar-refractivity contribution in [1.29, 1.82) is 0 Å². The number of benzene rings is 2. The van der Waals surface area contributed by atoms with Crippen LogP contribution in [0.15, 0.2) is 42.5 Å². The molecule has 10 nitrogen and oxygen atoms in total. The largest absolute Gasteiger partial charge is 0.494 e. The van der Waals surface area contributed by atoms with Gasteiger partial charge in [0.05, 0.1) is 34.7 Å². The number of nitrogens with one attached hydrogen (secondary N) is 2. The molecule has 1 radical (unpaired) electrons. The van der Waals surface area contributed by atoms with Gasteiger partial charge in [-0.1, -0.05) is 6.07 Å². The van der Waals surface area contributed by atoms with Crippen molar-refractivity contribution in [3.05, 3.63) is 69.7 Å². The maximum absolute atomic E-state index is 14.2. The first-order valence-corrected chi connectivity index (χ1v) is 8.48. The zero-order valence-corrected chi connectivity index (χ0v) is 15.8. The van der Waals surface area contributed by atoms with E-state index >= 15 is 0 Å². The number of nitrogens with zero attached hydrogens (tertiary/aromatic N) is 3. The van der Waals surface area contributed by atoms with E-state index in [0.29, 0.717) is 11.4 Å². The highest BCUT2D eigenvalue weighted by atomic mass is 19.1. The Kier molecular flexibility index (Phi) is 5.72. The van der Waals surface area contributed by atoms with Gasteiger partial charge in [0.15, 0.2) is 17.4 Å². The Morgan fingerprint density at radius 2 is 1.93 bits per heavy atom. The van der Waals surface area contributed by atoms with Gasteiger partial charge in [0.1, 0.15) is 0 Å². The number of non-ortho nitro benzene ring substituents is 1. The summed E-state index contributed by atoms with van der Waals surface area (Å²) >= 11 is 0. The molecule has 0 saturated heterocycles. The van der Waals surface area contributed by atoms with Gasteiger partial charge < -0.3 is 10.1 Å². The molecule has 2 amide bonds. The molecule has 30 heavy (non-hydrogen) atoms. The summed E-state index contributed by atoms with van der Waals surface area (Å²) < 4.78 is 20.4. The summed E-state index contributed by atoms with van der Waals surface area (Å²) in [6.07, 6.45) is 1.70. The van der Waals surface area contributed by atoms with Crippen molar-refractivity contribution in [1.82, 2.24) is 9.78 Å². The molecule has 0 unspecified atom stereocenters. The predicted octanol–water partition coefficient (Wildman–Crippen LogP) is 3.34. The number of hydrogen-bond donors (Lipinski definition) is 2. The summed E-state index contributed by atoms with van der Waals surface area (Å²) in [6.45, 7) is 1.57. The Morgan fingerprint density at radius 3 is 2.53 bits per heavy atom. The third-order valence-electron chi connectivity index (χ3n) is 4.19. The number of urea groups is 1. The molecule has 3 rings (SSSR count). The fourth-order valence-electron chi connectivity index (χ4n) is 2.70. The number of rotatable bonds is 6. The molecule has 3 aromatic rings. The molecule has 153 valence electrons. The topological polar surface area (TPSA) is 128 Å². The number of amides is 2. The van der Waals surface area contributed by atoms with E-state index in [1.165, 1.54) is 54.3 Å². The van der Waals surface area contributed by atoms with Gasteiger partial charge in [0.2, 0.25) is 6.29 Å². The van der Waals surface area contributed by atoms with Gasteiger partial charge in [0.25, 0.3) is 5.69 Å². The number of anilines is 2. The maximum Gasteiger partial charge on any atom is 0.325 e. The number of nitro benzene ring substituents is 1. The van der Waals surface area contributed by atoms with Crippen LogP contribution in [0.3, 0.4) is 0 Å². The number of carbonyl (C=O) groups is 1. The Morgan fingerprint density at radius 1 is 1.23 bits per heavy atom. The Hall–Kier alpha value is -4.28. The summed E-state index contributed by atoms with van der Waals surface area (Å²) in [6, 6.07) is 8.85. The van der Waals surface area contributed by atoms with Gasteiger partial charge in [-0.05, 0) is 31.2 Å². The van der Waals surface area contributed by atoms with Crippen LogP contribution < -0.4 is 15.4 Å². The molecule has 0 bridgehead atoms. The first kappa shape index (κ1) is 20.5. The molecule has 2 aromatic carbocycles. The zero-order valence-electron chi connectivity index (χ0n) is 15.8. The van der Waals surface area contributed by atoms with Crippen molar-refractivity contribution < 1.29 is 23.6 Å². The lowest BCUT2D eigenvalue weighted by atomic mass is 10.2. The van der Waals surface area contributed by atoms with Crippen LogP contribution in [-0.4, -0.2) is 34.1 Å². The van der Waals surface area contributed by atoms with Gasteiger partial charge in [-0.2, -0.15) is 0 Å². The van der Waals surface area contributed by atoms with Crippen LogP contribution in [0.5, 0.6) is 5.75 Å². The van der Waals surface area contributed by atoms with E-state index < -0.39 is 16.8 Å². The second kappa shape index (κ2) is 8.39. The molecule has 0 spiro atoms. The first-order chi connectivity index (χ1) is 14.3. The summed E-state index contributed by atoms with van der Waals surface area (Å²) in [7, 11) is 1.29. The van der Waals surface area contributed by atoms with Crippen LogP contribution in [0.4, 0.5) is 26.4 Å². The number of methoxy groups -OCH3 is 1. The van der Waals surface area contributed by atoms with Crippen LogP contribution in [-0.2, 0) is 4.79 Å². The monoisotopic (exact) mass is 412 g/mol. The molecule has 2 N–H and O–H groups in total. The summed E-state index contributed by atoms with van der Waals surface area (Å²) in [5.74, 6) is -0.917. The van der Waals surface area contributed by atoms with Gasteiger partial charge in [-0.3, -0.25) is 20.2 Å². The molecule has 0 atom stereocenters. The SMILES string of the molecule is COc1cccc(NC(=O)Nc2nn(-c3ccc([N+](=O)[O-])cc3)c(C)c2[C]=O)c1F. The van der Waals surface area contributed by atoms with Crippen molar-refractivity contribution in [3.63, 3.8) is 0 Å². The van der Waals surface area contributed by atoms with E-state index in [4.69, 9.17) is 4.74 Å². The average molecular weight is 412 g/mol. The zero-order chi connectivity index (χ0) is 21.8. The minimum absolute atomic E-state index is 0.0189. The van der Waals surface area contributed by atoms with E-state index in [1.54, 1.807) is 13.2 Å². The van der Waals surface area contributed by atoms with E-state index in [1.807, 2.05) is 0 Å². The molecule has 11 heteroatoms. The van der Waals surface area contributed by atoms with Crippen LogP contribution in [0.1, 0.15) is 11.3 Å². The third-order valence-corrected chi connectivity index (χ3v) is 4.19. The van der Waals surface area contributed by atoms with Crippen molar-refractivity contribution in [2.75, 3.05) is 17.7 Å². The number of aromatic nitrogens is 2. The normalized spacial score (nSPS) is 10.4. The minimum Gasteiger partial charge on any atom is -0.494 e. The molecule has 0 aliphatic rings. The quantitative estimate of drug-likeness (QED) is 0.472. The van der Waals surface area contributed by atoms with Gasteiger partial charge in [-0.25, -0.2) is 13.9 Å². The first-order valence-electron chi connectivity index (χ1n) is 8.48. The fourth-order valence-corrected chi connectivity index (χ4v) is 2.70. The average Bonchev–Trinajstić information content (AvgIpc) is 3.04. The van der Waals surface area contributed by atoms with E-state index in [9.17, 15) is 24.1 Å². The number of carbonyl (C=O) groups excluding carboxylic acids is 2. The summed E-state index contributed by atoms with van der Waals surface area (Å²) in [5.41, 5.74) is 0.525. The van der Waals surface area contributed by atoms with E-state index in [2.05, 4.69) is 15.7 Å². The van der Waals surface area contributed by atoms with Crippen LogP contribution in [0.2, 0.25) is 0 Å². The highest BCUT2D eigenvalue weighted by Gasteiger charge is 2.19. The molecular formula is C19H15FN5O5. The van der Waals surface area contributed by atoms with Crippen LogP contribution in [0, 0.1) is 22.9 Å². The van der Waals surface area contributed by atoms with Crippen LogP contribution >= 0.6 is 0 Å². The van der Waals surface area contributed by atoms with Crippen molar-refractivity contribution in [2.24, 2.45) is 0 Å². The molecule has 0 aliphatic carbocycles. The fraction of sp³-hybridized carbons (Fsp3) is 0.105. The van der Waals surface area contributed by atoms with Gasteiger partial charge >= 0.3 is 6.03 Å². The molecular weight excluding hydrogens is 397 g/mol. The number of hydrogen-bond acceptors (Lipinski definition) is 6. The molecule has 1 aromatic heterocycles. The maximum atomic E-state index is 14.2. The minimum atomic E-state index is -0.841. The van der Waals surface area contributed by atoms with E-state index in [0.717, 1.165) is 0 Å². The Bertz CT molecular complexity index is 1130. The molecule has 1 heterocycles. The van der Waals surface area contributed by atoms with Gasteiger partial charge in [0, 0.05) is 12.1 Å². The van der Waals surface area contributed by atoms with E-state index in [-0.39, 0.29) is 28.5 Å². The Balaban J connectivity index is 1.86. The summed E-state index contributed by atoms with van der Waals surface area (Å²) in [4.78, 5) is 33.9. The molecule has 0 aliphatic heterocycles. The second-order valence-electron chi connectivity index (χ2n) is 6.00. The smallest absolute Gasteiger partial charge is 0.325 e. The van der Waals surface area contributed by atoms with Crippen molar-refractivity contribution >= 4 is 29.5 Å². The third kappa shape index (κ3) is 3.94. The summed E-state index contributed by atoms with van der Waals surface area (Å²) in [5, 5.41) is 19.6. The van der Waals surface area contributed by atoms with Crippen molar-refractivity contribution in [3.8, 4) is 11.4 Å². The number of ether oxygens (including phenoxy) is 1. The second-order valence-corrected chi connectivity index (χ2v) is 6.00.